The number of hydrogen-bond acceptors (Lipinski definition) is 4. The molecular weight excluding hydrogens is 324 g/mol. The number of nitrogens with zero attached hydrogens (tertiary/aromatic N) is 2. The highest BCUT2D eigenvalue weighted by atomic mass is 16.5. The smallest absolute Gasteiger partial charge is 0.119 e. The lowest BCUT2D eigenvalue weighted by Gasteiger charge is -2.31. The molecule has 1 saturated heterocycles. The van der Waals surface area contributed by atoms with Gasteiger partial charge in [-0.05, 0) is 54.2 Å². The van der Waals surface area contributed by atoms with Crippen molar-refractivity contribution in [3.05, 3.63) is 65.2 Å². The number of methoxy groups -OCH3 is 1. The molecule has 0 spiro atoms. The van der Waals surface area contributed by atoms with E-state index in [0.29, 0.717) is 11.5 Å². The number of hydrogen-bond donors (Lipinski definition) is 1. The average molecular weight is 348 g/mol. The Kier molecular flexibility index (Phi) is 4.44. The molecule has 1 saturated carbocycles. The van der Waals surface area contributed by atoms with E-state index in [0.717, 1.165) is 43.8 Å². The molecule has 2 fully saturated rings. The summed E-state index contributed by atoms with van der Waals surface area (Å²) in [5, 5.41) is 20.4. The molecule has 2 aromatic carbocycles. The molecule has 0 aromatic heterocycles. The molecule has 1 N–H and O–H groups in total. The van der Waals surface area contributed by atoms with E-state index in [4.69, 9.17) is 10.00 Å². The summed E-state index contributed by atoms with van der Waals surface area (Å²) < 4.78 is 5.35. The minimum atomic E-state index is -0.765. The number of likely N-dealkylation sites (tertiary alicyclic amines) is 1. The molecule has 26 heavy (non-hydrogen) atoms. The van der Waals surface area contributed by atoms with Crippen LogP contribution in [0.3, 0.4) is 0 Å². The largest absolute Gasteiger partial charge is 0.497 e. The Bertz CT molecular complexity index is 827. The first-order valence-corrected chi connectivity index (χ1v) is 9.20. The standard InChI is InChI=1S/C22H24N2O2/c1-26-20-4-2-3-19(11-20)22(25)10-9-18-14-24(15-21(18)22)13-17-7-5-16(12-23)6-8-17/h2-8,11,18,21,25H,9-10,13-15H2,1H3/t18-,21+,22-/m1/s1. The van der Waals surface area contributed by atoms with Gasteiger partial charge in [0, 0.05) is 25.6 Å². The lowest BCUT2D eigenvalue weighted by Crippen LogP contribution is -2.34. The van der Waals surface area contributed by atoms with Crippen LogP contribution in [0.1, 0.15) is 29.5 Å². The van der Waals surface area contributed by atoms with Gasteiger partial charge < -0.3 is 9.84 Å². The maximum absolute atomic E-state index is 11.5. The Hall–Kier alpha value is -2.35. The predicted octanol–water partition coefficient (Wildman–Crippen LogP) is 3.30. The Balaban J connectivity index is 1.50. The molecule has 4 heteroatoms. The van der Waals surface area contributed by atoms with Crippen molar-refractivity contribution in [3.63, 3.8) is 0 Å². The van der Waals surface area contributed by atoms with Crippen molar-refractivity contribution in [1.29, 1.82) is 5.26 Å². The van der Waals surface area contributed by atoms with E-state index in [1.54, 1.807) is 7.11 Å². The molecular formula is C22H24N2O2. The summed E-state index contributed by atoms with van der Waals surface area (Å²) in [6.07, 6.45) is 1.88. The van der Waals surface area contributed by atoms with Crippen molar-refractivity contribution < 1.29 is 9.84 Å². The fourth-order valence-corrected chi connectivity index (χ4v) is 4.71. The van der Waals surface area contributed by atoms with Gasteiger partial charge in [-0.3, -0.25) is 4.90 Å². The molecule has 0 radical (unpaired) electrons. The van der Waals surface area contributed by atoms with Crippen LogP contribution in [0.4, 0.5) is 0 Å². The van der Waals surface area contributed by atoms with E-state index in [1.165, 1.54) is 5.56 Å². The summed E-state index contributed by atoms with van der Waals surface area (Å²) in [7, 11) is 1.66. The molecule has 0 unspecified atom stereocenters. The number of nitriles is 1. The zero-order chi connectivity index (χ0) is 18.1. The second-order valence-corrected chi connectivity index (χ2v) is 7.56. The van der Waals surface area contributed by atoms with E-state index < -0.39 is 5.60 Å². The van der Waals surface area contributed by atoms with Gasteiger partial charge in [0.1, 0.15) is 5.75 Å². The number of ether oxygens (including phenoxy) is 1. The van der Waals surface area contributed by atoms with Gasteiger partial charge in [-0.25, -0.2) is 0 Å². The fourth-order valence-electron chi connectivity index (χ4n) is 4.71. The minimum Gasteiger partial charge on any atom is -0.497 e. The van der Waals surface area contributed by atoms with Gasteiger partial charge in [0.2, 0.25) is 0 Å². The number of aliphatic hydroxyl groups is 1. The molecule has 0 amide bonds. The highest BCUT2D eigenvalue weighted by Gasteiger charge is 2.52. The monoisotopic (exact) mass is 348 g/mol. The SMILES string of the molecule is COc1cccc([C@]2(O)CC[C@@H]3CN(Cc4ccc(C#N)cc4)C[C@@H]32)c1. The van der Waals surface area contributed by atoms with Crippen LogP contribution in [0.25, 0.3) is 0 Å². The van der Waals surface area contributed by atoms with Crippen molar-refractivity contribution in [3.8, 4) is 11.8 Å². The van der Waals surface area contributed by atoms with E-state index in [-0.39, 0.29) is 5.92 Å². The van der Waals surface area contributed by atoms with Gasteiger partial charge in [-0.2, -0.15) is 5.26 Å². The van der Waals surface area contributed by atoms with Gasteiger partial charge in [0.15, 0.2) is 0 Å². The van der Waals surface area contributed by atoms with E-state index in [9.17, 15) is 5.11 Å². The fraction of sp³-hybridized carbons (Fsp3) is 0.409. The zero-order valence-electron chi connectivity index (χ0n) is 15.1. The summed E-state index contributed by atoms with van der Waals surface area (Å²) in [6, 6.07) is 17.8. The second-order valence-electron chi connectivity index (χ2n) is 7.56. The normalized spacial score (nSPS) is 27.9. The molecule has 3 atom stereocenters. The summed E-state index contributed by atoms with van der Waals surface area (Å²) in [5.41, 5.74) is 2.12. The van der Waals surface area contributed by atoms with Crippen LogP contribution in [0.15, 0.2) is 48.5 Å². The molecule has 1 aliphatic carbocycles. The topological polar surface area (TPSA) is 56.5 Å². The van der Waals surface area contributed by atoms with Crippen LogP contribution in [-0.4, -0.2) is 30.2 Å². The van der Waals surface area contributed by atoms with E-state index >= 15 is 0 Å². The number of benzene rings is 2. The average Bonchev–Trinajstić information content (AvgIpc) is 3.23. The van der Waals surface area contributed by atoms with Gasteiger partial charge in [0.25, 0.3) is 0 Å². The van der Waals surface area contributed by atoms with E-state index in [2.05, 4.69) is 11.0 Å². The molecule has 2 aromatic rings. The third-order valence-electron chi connectivity index (χ3n) is 6.09. The Morgan fingerprint density at radius 1 is 1.23 bits per heavy atom. The first-order chi connectivity index (χ1) is 12.6. The predicted molar refractivity (Wildman–Crippen MR) is 99.5 cm³/mol. The second kappa shape index (κ2) is 6.75. The van der Waals surface area contributed by atoms with Gasteiger partial charge in [-0.15, -0.1) is 0 Å². The van der Waals surface area contributed by atoms with Crippen molar-refractivity contribution in [2.45, 2.75) is 25.0 Å². The quantitative estimate of drug-likeness (QED) is 0.921. The minimum absolute atomic E-state index is 0.257. The molecule has 4 rings (SSSR count). The molecule has 0 bridgehead atoms. The van der Waals surface area contributed by atoms with Crippen molar-refractivity contribution >= 4 is 0 Å². The third kappa shape index (κ3) is 2.98. The summed E-state index contributed by atoms with van der Waals surface area (Å²) in [6.45, 7) is 2.79. The maximum atomic E-state index is 11.5. The molecule has 1 aliphatic heterocycles. The van der Waals surface area contributed by atoms with Gasteiger partial charge in [0.05, 0.1) is 24.3 Å². The van der Waals surface area contributed by atoms with Crippen LogP contribution in [-0.2, 0) is 12.1 Å². The Morgan fingerprint density at radius 2 is 2.04 bits per heavy atom. The van der Waals surface area contributed by atoms with Gasteiger partial charge >= 0.3 is 0 Å². The highest BCUT2D eigenvalue weighted by Crippen LogP contribution is 2.51. The van der Waals surface area contributed by atoms with Crippen molar-refractivity contribution in [2.24, 2.45) is 11.8 Å². The lowest BCUT2D eigenvalue weighted by atomic mass is 9.82. The van der Waals surface area contributed by atoms with Gasteiger partial charge in [-0.1, -0.05) is 24.3 Å². The summed E-state index contributed by atoms with van der Waals surface area (Å²) in [4.78, 5) is 2.43. The summed E-state index contributed by atoms with van der Waals surface area (Å²) in [5.74, 6) is 1.59. The Labute approximate surface area is 154 Å². The van der Waals surface area contributed by atoms with Crippen LogP contribution in [0.2, 0.25) is 0 Å². The number of fused-ring (bicyclic) bond motifs is 1. The molecule has 2 aliphatic rings. The molecule has 134 valence electrons. The zero-order valence-corrected chi connectivity index (χ0v) is 15.1. The van der Waals surface area contributed by atoms with Crippen molar-refractivity contribution in [2.75, 3.05) is 20.2 Å². The number of rotatable bonds is 4. The first kappa shape index (κ1) is 17.1. The maximum Gasteiger partial charge on any atom is 0.119 e. The first-order valence-electron chi connectivity index (χ1n) is 9.20. The van der Waals surface area contributed by atoms with Crippen LogP contribution >= 0.6 is 0 Å². The van der Waals surface area contributed by atoms with Crippen LogP contribution in [0, 0.1) is 23.2 Å². The lowest BCUT2D eigenvalue weighted by molar-refractivity contribution is -0.00699. The third-order valence-corrected chi connectivity index (χ3v) is 6.09. The van der Waals surface area contributed by atoms with E-state index in [1.807, 2.05) is 48.5 Å². The molecule has 4 nitrogen and oxygen atoms in total. The van der Waals surface area contributed by atoms with Crippen LogP contribution in [0.5, 0.6) is 5.75 Å². The Morgan fingerprint density at radius 3 is 2.77 bits per heavy atom. The highest BCUT2D eigenvalue weighted by molar-refractivity contribution is 5.35. The van der Waals surface area contributed by atoms with Crippen molar-refractivity contribution in [1.82, 2.24) is 4.90 Å². The molecule has 1 heterocycles. The van der Waals surface area contributed by atoms with Crippen LogP contribution < -0.4 is 4.74 Å². The summed E-state index contributed by atoms with van der Waals surface area (Å²) >= 11 is 0.